The zero-order valence-electron chi connectivity index (χ0n) is 9.76. The molecule has 17 heavy (non-hydrogen) atoms. The Morgan fingerprint density at radius 1 is 1.47 bits per heavy atom. The number of aliphatic hydroxyl groups is 1. The Hall–Kier alpha value is -1.20. The first-order valence-electron chi connectivity index (χ1n) is 5.45. The number of hydrogen-bond donors (Lipinski definition) is 1. The van der Waals surface area contributed by atoms with Crippen molar-refractivity contribution >= 4 is 15.9 Å². The van der Waals surface area contributed by atoms with Gasteiger partial charge < -0.3 is 5.11 Å². The summed E-state index contributed by atoms with van der Waals surface area (Å²) in [5, 5.41) is 14.6. The first-order valence-corrected chi connectivity index (χ1v) is 6.24. The van der Waals surface area contributed by atoms with E-state index < -0.39 is 6.10 Å². The lowest BCUT2D eigenvalue weighted by Crippen LogP contribution is -2.10. The van der Waals surface area contributed by atoms with Gasteiger partial charge in [0.1, 0.15) is 6.10 Å². The highest BCUT2D eigenvalue weighted by molar-refractivity contribution is 9.10. The van der Waals surface area contributed by atoms with Crippen LogP contribution in [0.4, 0.5) is 0 Å². The molecule has 0 saturated carbocycles. The maximum absolute atomic E-state index is 10.4. The SMILES string of the molecule is CCn1ncc(Br)c1C(O)c1ccncc1C. The summed E-state index contributed by atoms with van der Waals surface area (Å²) in [5.74, 6) is 0. The van der Waals surface area contributed by atoms with Gasteiger partial charge in [-0.05, 0) is 47.0 Å². The van der Waals surface area contributed by atoms with E-state index in [1.165, 1.54) is 0 Å². The highest BCUT2D eigenvalue weighted by Crippen LogP contribution is 2.29. The Balaban J connectivity index is 2.47. The first-order chi connectivity index (χ1) is 8.15. The van der Waals surface area contributed by atoms with Crippen molar-refractivity contribution in [1.82, 2.24) is 14.8 Å². The van der Waals surface area contributed by atoms with Crippen LogP contribution in [0.3, 0.4) is 0 Å². The second kappa shape index (κ2) is 4.98. The summed E-state index contributed by atoms with van der Waals surface area (Å²) in [7, 11) is 0. The molecule has 5 heteroatoms. The molecule has 2 aromatic rings. The van der Waals surface area contributed by atoms with E-state index in [0.717, 1.165) is 27.8 Å². The van der Waals surface area contributed by atoms with Gasteiger partial charge in [0.15, 0.2) is 0 Å². The molecular formula is C12H14BrN3O. The molecule has 0 amide bonds. The molecule has 0 radical (unpaired) electrons. The molecule has 0 fully saturated rings. The number of pyridine rings is 1. The van der Waals surface area contributed by atoms with Gasteiger partial charge in [-0.1, -0.05) is 0 Å². The molecule has 2 rings (SSSR count). The van der Waals surface area contributed by atoms with Gasteiger partial charge in [-0.2, -0.15) is 5.10 Å². The lowest BCUT2D eigenvalue weighted by molar-refractivity contribution is 0.206. The van der Waals surface area contributed by atoms with Gasteiger partial charge in [-0.15, -0.1) is 0 Å². The van der Waals surface area contributed by atoms with E-state index in [4.69, 9.17) is 0 Å². The molecule has 0 aliphatic carbocycles. The van der Waals surface area contributed by atoms with Crippen molar-refractivity contribution in [2.24, 2.45) is 0 Å². The van der Waals surface area contributed by atoms with Crippen molar-refractivity contribution in [2.75, 3.05) is 0 Å². The number of hydrogen-bond acceptors (Lipinski definition) is 3. The third-order valence-corrected chi connectivity index (χ3v) is 3.36. The van der Waals surface area contributed by atoms with Crippen LogP contribution in [0.2, 0.25) is 0 Å². The third kappa shape index (κ3) is 2.25. The molecule has 2 aromatic heterocycles. The number of aryl methyl sites for hydroxylation is 2. The van der Waals surface area contributed by atoms with Crippen LogP contribution in [0.1, 0.15) is 29.8 Å². The van der Waals surface area contributed by atoms with Crippen LogP contribution < -0.4 is 0 Å². The Labute approximate surface area is 108 Å². The summed E-state index contributed by atoms with van der Waals surface area (Å²) < 4.78 is 2.61. The van der Waals surface area contributed by atoms with Gasteiger partial charge in [0.05, 0.1) is 16.4 Å². The maximum Gasteiger partial charge on any atom is 0.122 e. The molecule has 1 unspecified atom stereocenters. The van der Waals surface area contributed by atoms with Crippen molar-refractivity contribution in [2.45, 2.75) is 26.5 Å². The smallest absolute Gasteiger partial charge is 0.122 e. The third-order valence-electron chi connectivity index (χ3n) is 2.75. The predicted molar refractivity (Wildman–Crippen MR) is 68.6 cm³/mol. The van der Waals surface area contributed by atoms with E-state index >= 15 is 0 Å². The number of halogens is 1. The molecule has 0 aliphatic rings. The monoisotopic (exact) mass is 295 g/mol. The molecule has 2 heterocycles. The number of aromatic nitrogens is 3. The van der Waals surface area contributed by atoms with Gasteiger partial charge in [0.25, 0.3) is 0 Å². The van der Waals surface area contributed by atoms with Crippen molar-refractivity contribution in [1.29, 1.82) is 0 Å². The van der Waals surface area contributed by atoms with E-state index in [2.05, 4.69) is 26.0 Å². The molecule has 0 aromatic carbocycles. The van der Waals surface area contributed by atoms with Crippen molar-refractivity contribution in [3.05, 3.63) is 46.0 Å². The zero-order chi connectivity index (χ0) is 12.4. The second-order valence-corrected chi connectivity index (χ2v) is 4.68. The summed E-state index contributed by atoms with van der Waals surface area (Å²) in [5.41, 5.74) is 2.61. The van der Waals surface area contributed by atoms with Crippen molar-refractivity contribution in [3.63, 3.8) is 0 Å². The standard InChI is InChI=1S/C12H14BrN3O/c1-3-16-11(10(13)7-15-16)12(17)9-4-5-14-6-8(9)2/h4-7,12,17H,3H2,1-2H3. The lowest BCUT2D eigenvalue weighted by Gasteiger charge is -2.15. The van der Waals surface area contributed by atoms with E-state index in [-0.39, 0.29) is 0 Å². The average molecular weight is 296 g/mol. The van der Waals surface area contributed by atoms with E-state index in [9.17, 15) is 5.11 Å². The van der Waals surface area contributed by atoms with Crippen molar-refractivity contribution < 1.29 is 5.11 Å². The largest absolute Gasteiger partial charge is 0.382 e. The van der Waals surface area contributed by atoms with E-state index in [0.29, 0.717) is 0 Å². The van der Waals surface area contributed by atoms with Gasteiger partial charge in [0.2, 0.25) is 0 Å². The van der Waals surface area contributed by atoms with Gasteiger partial charge in [-0.3, -0.25) is 9.67 Å². The van der Waals surface area contributed by atoms with Crippen LogP contribution in [0.25, 0.3) is 0 Å². The quantitative estimate of drug-likeness (QED) is 0.946. The number of nitrogens with zero attached hydrogens (tertiary/aromatic N) is 3. The van der Waals surface area contributed by atoms with Crippen LogP contribution >= 0.6 is 15.9 Å². The maximum atomic E-state index is 10.4. The molecule has 90 valence electrons. The number of rotatable bonds is 3. The van der Waals surface area contributed by atoms with E-state index in [1.807, 2.05) is 19.9 Å². The second-order valence-electron chi connectivity index (χ2n) is 3.83. The fourth-order valence-electron chi connectivity index (χ4n) is 1.83. The highest BCUT2D eigenvalue weighted by Gasteiger charge is 2.20. The van der Waals surface area contributed by atoms with Crippen LogP contribution in [-0.4, -0.2) is 19.9 Å². The molecule has 0 bridgehead atoms. The molecule has 0 aliphatic heterocycles. The molecule has 1 atom stereocenters. The minimum atomic E-state index is -0.685. The summed E-state index contributed by atoms with van der Waals surface area (Å²) in [4.78, 5) is 4.03. The van der Waals surface area contributed by atoms with Crippen LogP contribution in [-0.2, 0) is 6.54 Å². The van der Waals surface area contributed by atoms with Gasteiger partial charge in [-0.25, -0.2) is 0 Å². The Morgan fingerprint density at radius 2 is 2.24 bits per heavy atom. The lowest BCUT2D eigenvalue weighted by atomic mass is 10.0. The van der Waals surface area contributed by atoms with Crippen LogP contribution in [0.15, 0.2) is 29.1 Å². The normalized spacial score (nSPS) is 12.7. The molecular weight excluding hydrogens is 282 g/mol. The molecule has 0 saturated heterocycles. The minimum absolute atomic E-state index is 0.685. The Morgan fingerprint density at radius 3 is 2.88 bits per heavy atom. The summed E-state index contributed by atoms with van der Waals surface area (Å²) in [6.45, 7) is 4.66. The van der Waals surface area contributed by atoms with Gasteiger partial charge >= 0.3 is 0 Å². The molecule has 0 spiro atoms. The summed E-state index contributed by atoms with van der Waals surface area (Å²) in [6.07, 6.45) is 4.46. The topological polar surface area (TPSA) is 50.9 Å². The zero-order valence-corrected chi connectivity index (χ0v) is 11.3. The first kappa shape index (κ1) is 12.3. The fraction of sp³-hybridized carbons (Fsp3) is 0.333. The highest BCUT2D eigenvalue weighted by atomic mass is 79.9. The number of aliphatic hydroxyl groups excluding tert-OH is 1. The van der Waals surface area contributed by atoms with Crippen molar-refractivity contribution in [3.8, 4) is 0 Å². The fourth-order valence-corrected chi connectivity index (χ4v) is 2.35. The Bertz CT molecular complexity index is 524. The summed E-state index contributed by atoms with van der Waals surface area (Å²) in [6, 6.07) is 1.83. The predicted octanol–water partition coefficient (Wildman–Crippen LogP) is 2.45. The van der Waals surface area contributed by atoms with E-state index in [1.54, 1.807) is 23.3 Å². The Kier molecular flexibility index (Phi) is 3.59. The van der Waals surface area contributed by atoms with Gasteiger partial charge in [0, 0.05) is 18.9 Å². The summed E-state index contributed by atoms with van der Waals surface area (Å²) >= 11 is 3.42. The van der Waals surface area contributed by atoms with Crippen LogP contribution in [0, 0.1) is 6.92 Å². The van der Waals surface area contributed by atoms with Crippen LogP contribution in [0.5, 0.6) is 0 Å². The molecule has 1 N–H and O–H groups in total. The average Bonchev–Trinajstić information content (AvgIpc) is 2.70. The molecule has 4 nitrogen and oxygen atoms in total. The minimum Gasteiger partial charge on any atom is -0.382 e.